The summed E-state index contributed by atoms with van der Waals surface area (Å²) in [7, 11) is 0. The zero-order valence-electron chi connectivity index (χ0n) is 10.7. The number of nitrogens with two attached hydrogens (primary N) is 1. The van der Waals surface area contributed by atoms with E-state index in [9.17, 15) is 13.6 Å². The summed E-state index contributed by atoms with van der Waals surface area (Å²) < 4.78 is 25.7. The number of halogens is 2. The van der Waals surface area contributed by atoms with E-state index in [1.165, 1.54) is 6.07 Å². The van der Waals surface area contributed by atoms with E-state index in [1.54, 1.807) is 0 Å². The summed E-state index contributed by atoms with van der Waals surface area (Å²) in [4.78, 5) is 11.7. The summed E-state index contributed by atoms with van der Waals surface area (Å²) in [5, 5.41) is 2.92. The predicted octanol–water partition coefficient (Wildman–Crippen LogP) is 1.89. The van der Waals surface area contributed by atoms with Crippen LogP contribution in [0.5, 0.6) is 0 Å². The normalized spacial score (nSPS) is 22.5. The van der Waals surface area contributed by atoms with Crippen molar-refractivity contribution in [2.24, 2.45) is 5.73 Å². The Morgan fingerprint density at radius 3 is 2.74 bits per heavy atom. The highest BCUT2D eigenvalue weighted by Gasteiger charge is 2.22. The van der Waals surface area contributed by atoms with Gasteiger partial charge < -0.3 is 11.1 Å². The highest BCUT2D eigenvalue weighted by atomic mass is 19.2. The van der Waals surface area contributed by atoms with Gasteiger partial charge in [-0.15, -0.1) is 0 Å². The zero-order chi connectivity index (χ0) is 13.8. The summed E-state index contributed by atoms with van der Waals surface area (Å²) in [5.74, 6) is -1.81. The van der Waals surface area contributed by atoms with Gasteiger partial charge in [0.15, 0.2) is 11.6 Å². The van der Waals surface area contributed by atoms with Crippen LogP contribution in [-0.4, -0.2) is 18.0 Å². The lowest BCUT2D eigenvalue weighted by Gasteiger charge is -2.12. The van der Waals surface area contributed by atoms with Crippen LogP contribution in [0.15, 0.2) is 18.2 Å². The topological polar surface area (TPSA) is 55.1 Å². The van der Waals surface area contributed by atoms with Gasteiger partial charge >= 0.3 is 0 Å². The first kappa shape index (κ1) is 13.9. The molecule has 0 aromatic heterocycles. The van der Waals surface area contributed by atoms with Crippen molar-refractivity contribution in [1.29, 1.82) is 0 Å². The standard InChI is InChI=1S/C14H18F2N2O/c15-12-5-1-9(7-13(12)16)2-6-14(19)18-11-4-3-10(17)8-11/h1,5,7,10-11H,2-4,6,8,17H2,(H,18,19). The molecule has 1 aliphatic carbocycles. The number of hydrogen-bond acceptors (Lipinski definition) is 2. The lowest BCUT2D eigenvalue weighted by molar-refractivity contribution is -0.121. The van der Waals surface area contributed by atoms with E-state index in [-0.39, 0.29) is 24.4 Å². The van der Waals surface area contributed by atoms with Crippen LogP contribution in [0.2, 0.25) is 0 Å². The molecule has 1 amide bonds. The van der Waals surface area contributed by atoms with Gasteiger partial charge in [0.25, 0.3) is 0 Å². The molecule has 0 aliphatic heterocycles. The number of hydrogen-bond donors (Lipinski definition) is 2. The fourth-order valence-corrected chi connectivity index (χ4v) is 2.40. The van der Waals surface area contributed by atoms with Gasteiger partial charge in [-0.1, -0.05) is 6.07 Å². The van der Waals surface area contributed by atoms with Gasteiger partial charge in [0.2, 0.25) is 5.91 Å². The first-order chi connectivity index (χ1) is 9.04. The van der Waals surface area contributed by atoms with Gasteiger partial charge in [-0.3, -0.25) is 4.79 Å². The summed E-state index contributed by atoms with van der Waals surface area (Å²) >= 11 is 0. The van der Waals surface area contributed by atoms with Crippen molar-refractivity contribution >= 4 is 5.91 Å². The molecule has 104 valence electrons. The maximum atomic E-state index is 13.0. The van der Waals surface area contributed by atoms with Crippen LogP contribution in [0.25, 0.3) is 0 Å². The van der Waals surface area contributed by atoms with Gasteiger partial charge in [-0.2, -0.15) is 0 Å². The van der Waals surface area contributed by atoms with E-state index in [1.807, 2.05) is 0 Å². The average Bonchev–Trinajstić information content (AvgIpc) is 2.76. The lowest BCUT2D eigenvalue weighted by Crippen LogP contribution is -2.34. The van der Waals surface area contributed by atoms with Crippen molar-refractivity contribution < 1.29 is 13.6 Å². The van der Waals surface area contributed by atoms with Crippen molar-refractivity contribution in [3.8, 4) is 0 Å². The number of rotatable bonds is 4. The molecule has 1 aromatic carbocycles. The number of carbonyl (C=O) groups is 1. The molecule has 0 spiro atoms. The predicted molar refractivity (Wildman–Crippen MR) is 68.4 cm³/mol. The number of nitrogens with one attached hydrogen (secondary N) is 1. The van der Waals surface area contributed by atoms with Crippen LogP contribution in [0, 0.1) is 11.6 Å². The second kappa shape index (κ2) is 6.10. The molecule has 0 bridgehead atoms. The van der Waals surface area contributed by atoms with E-state index in [0.717, 1.165) is 31.4 Å². The number of benzene rings is 1. The zero-order valence-corrected chi connectivity index (χ0v) is 10.7. The fraction of sp³-hybridized carbons (Fsp3) is 0.500. The molecule has 0 saturated heterocycles. The first-order valence-corrected chi connectivity index (χ1v) is 6.53. The Morgan fingerprint density at radius 1 is 1.32 bits per heavy atom. The molecule has 19 heavy (non-hydrogen) atoms. The Balaban J connectivity index is 1.78. The molecule has 0 radical (unpaired) electrons. The van der Waals surface area contributed by atoms with Gasteiger partial charge in [0.05, 0.1) is 0 Å². The second-order valence-corrected chi connectivity index (χ2v) is 5.09. The van der Waals surface area contributed by atoms with Crippen molar-refractivity contribution in [3.63, 3.8) is 0 Å². The molecule has 1 fully saturated rings. The minimum absolute atomic E-state index is 0.0659. The Labute approximate surface area is 111 Å². The molecule has 2 rings (SSSR count). The lowest BCUT2D eigenvalue weighted by atomic mass is 10.1. The van der Waals surface area contributed by atoms with E-state index < -0.39 is 11.6 Å². The van der Waals surface area contributed by atoms with Crippen molar-refractivity contribution in [1.82, 2.24) is 5.32 Å². The Bertz CT molecular complexity index is 465. The third kappa shape index (κ3) is 3.99. The van der Waals surface area contributed by atoms with Crippen LogP contribution < -0.4 is 11.1 Å². The molecule has 5 heteroatoms. The SMILES string of the molecule is NC1CCC(NC(=O)CCc2ccc(F)c(F)c2)C1. The Morgan fingerprint density at radius 2 is 2.11 bits per heavy atom. The molecular formula is C14H18F2N2O. The molecule has 0 heterocycles. The van der Waals surface area contributed by atoms with Crippen molar-refractivity contribution in [2.45, 2.75) is 44.2 Å². The highest BCUT2D eigenvalue weighted by molar-refractivity contribution is 5.76. The van der Waals surface area contributed by atoms with Crippen molar-refractivity contribution in [3.05, 3.63) is 35.4 Å². The molecule has 2 atom stereocenters. The van der Waals surface area contributed by atoms with Crippen LogP contribution in [0.3, 0.4) is 0 Å². The molecule has 1 saturated carbocycles. The largest absolute Gasteiger partial charge is 0.353 e. The summed E-state index contributed by atoms with van der Waals surface area (Å²) in [6.07, 6.45) is 3.35. The number of carbonyl (C=O) groups excluding carboxylic acids is 1. The summed E-state index contributed by atoms with van der Waals surface area (Å²) in [6.45, 7) is 0. The first-order valence-electron chi connectivity index (χ1n) is 6.53. The summed E-state index contributed by atoms with van der Waals surface area (Å²) in [6, 6.07) is 4.05. The van der Waals surface area contributed by atoms with Crippen LogP contribution in [-0.2, 0) is 11.2 Å². The minimum atomic E-state index is -0.875. The molecule has 3 nitrogen and oxygen atoms in total. The van der Waals surface area contributed by atoms with Gasteiger partial charge in [0.1, 0.15) is 0 Å². The highest BCUT2D eigenvalue weighted by Crippen LogP contribution is 2.17. The van der Waals surface area contributed by atoms with E-state index in [4.69, 9.17) is 5.73 Å². The molecular weight excluding hydrogens is 250 g/mol. The van der Waals surface area contributed by atoms with Gasteiger partial charge in [-0.25, -0.2) is 8.78 Å². The molecule has 3 N–H and O–H groups in total. The van der Waals surface area contributed by atoms with Gasteiger partial charge in [-0.05, 0) is 43.4 Å². The van der Waals surface area contributed by atoms with Crippen LogP contribution in [0.1, 0.15) is 31.2 Å². The smallest absolute Gasteiger partial charge is 0.220 e. The second-order valence-electron chi connectivity index (χ2n) is 5.09. The Kier molecular flexibility index (Phi) is 4.47. The van der Waals surface area contributed by atoms with Crippen LogP contribution in [0.4, 0.5) is 8.78 Å². The quantitative estimate of drug-likeness (QED) is 0.876. The molecule has 1 aromatic rings. The maximum absolute atomic E-state index is 13.0. The Hall–Kier alpha value is -1.49. The monoisotopic (exact) mass is 268 g/mol. The molecule has 2 unspecified atom stereocenters. The van der Waals surface area contributed by atoms with E-state index >= 15 is 0 Å². The van der Waals surface area contributed by atoms with Gasteiger partial charge in [0, 0.05) is 18.5 Å². The number of amides is 1. The molecule has 1 aliphatic rings. The van der Waals surface area contributed by atoms with E-state index in [0.29, 0.717) is 12.0 Å². The fourth-order valence-electron chi connectivity index (χ4n) is 2.40. The van der Waals surface area contributed by atoms with Crippen LogP contribution >= 0.6 is 0 Å². The summed E-state index contributed by atoms with van der Waals surface area (Å²) in [5.41, 5.74) is 6.39. The minimum Gasteiger partial charge on any atom is -0.353 e. The van der Waals surface area contributed by atoms with Crippen molar-refractivity contribution in [2.75, 3.05) is 0 Å². The maximum Gasteiger partial charge on any atom is 0.220 e. The average molecular weight is 268 g/mol. The third-order valence-electron chi connectivity index (χ3n) is 3.46. The third-order valence-corrected chi connectivity index (χ3v) is 3.46. The number of aryl methyl sites for hydroxylation is 1. The van der Waals surface area contributed by atoms with E-state index in [2.05, 4.69) is 5.32 Å².